The van der Waals surface area contributed by atoms with E-state index in [-0.39, 0.29) is 5.91 Å². The minimum absolute atomic E-state index is 0.0604. The van der Waals surface area contributed by atoms with Gasteiger partial charge in [0.2, 0.25) is 17.6 Å². The van der Waals surface area contributed by atoms with Gasteiger partial charge in [0.1, 0.15) is 5.75 Å². The van der Waals surface area contributed by atoms with E-state index < -0.39 is 5.97 Å². The minimum atomic E-state index is -0.402. The molecule has 2 heterocycles. The lowest BCUT2D eigenvalue weighted by Gasteiger charge is -2.33. The molecule has 1 amide bonds. The third kappa shape index (κ3) is 4.94. The predicted octanol–water partition coefficient (Wildman–Crippen LogP) is 2.38. The van der Waals surface area contributed by atoms with E-state index in [9.17, 15) is 9.59 Å². The van der Waals surface area contributed by atoms with Crippen LogP contribution in [0.5, 0.6) is 5.75 Å². The number of ether oxygens (including phenoxy) is 2. The first-order valence-corrected chi connectivity index (χ1v) is 10.2. The molecule has 1 aliphatic heterocycles. The fraction of sp³-hybridized carbons (Fsp3) is 0.304. The van der Waals surface area contributed by atoms with Crippen molar-refractivity contribution in [1.82, 2.24) is 19.9 Å². The Balaban J connectivity index is 1.32. The van der Waals surface area contributed by atoms with Gasteiger partial charge in [-0.2, -0.15) is 4.98 Å². The van der Waals surface area contributed by atoms with E-state index >= 15 is 0 Å². The molecule has 1 aliphatic rings. The molecule has 9 nitrogen and oxygen atoms in total. The predicted molar refractivity (Wildman–Crippen MR) is 115 cm³/mol. The molecule has 2 aromatic carbocycles. The summed E-state index contributed by atoms with van der Waals surface area (Å²) in [6.07, 6.45) is 0. The van der Waals surface area contributed by atoms with Gasteiger partial charge < -0.3 is 18.9 Å². The van der Waals surface area contributed by atoms with Crippen molar-refractivity contribution in [2.45, 2.75) is 13.1 Å². The number of carbonyl (C=O) groups is 2. The molecule has 0 bridgehead atoms. The molecule has 4 rings (SSSR count). The summed E-state index contributed by atoms with van der Waals surface area (Å²) in [6, 6.07) is 14.5. The number of hydrogen-bond acceptors (Lipinski definition) is 8. The van der Waals surface area contributed by atoms with E-state index in [1.165, 1.54) is 7.11 Å². The summed E-state index contributed by atoms with van der Waals surface area (Å²) >= 11 is 0. The summed E-state index contributed by atoms with van der Waals surface area (Å²) < 4.78 is 15.2. The van der Waals surface area contributed by atoms with Crippen molar-refractivity contribution in [3.05, 3.63) is 65.5 Å². The Morgan fingerprint density at radius 1 is 1.03 bits per heavy atom. The van der Waals surface area contributed by atoms with Crippen LogP contribution in [0.4, 0.5) is 0 Å². The maximum atomic E-state index is 12.6. The van der Waals surface area contributed by atoms with Crippen LogP contribution in [0.3, 0.4) is 0 Å². The van der Waals surface area contributed by atoms with Crippen LogP contribution >= 0.6 is 0 Å². The number of esters is 1. The first kappa shape index (κ1) is 21.5. The number of nitrogens with zero attached hydrogens (tertiary/aromatic N) is 4. The SMILES string of the molecule is COC(=O)c1ccc(-c2noc(CN3CCN(Cc4ccc(OC)cc4)C(=O)C3)n2)cc1. The van der Waals surface area contributed by atoms with Gasteiger partial charge in [-0.15, -0.1) is 0 Å². The minimum Gasteiger partial charge on any atom is -0.497 e. The summed E-state index contributed by atoms with van der Waals surface area (Å²) in [4.78, 5) is 32.4. The Labute approximate surface area is 185 Å². The first-order chi connectivity index (χ1) is 15.6. The lowest BCUT2D eigenvalue weighted by molar-refractivity contribution is -0.137. The second kappa shape index (κ2) is 9.61. The van der Waals surface area contributed by atoms with E-state index in [0.29, 0.717) is 50.0 Å². The molecule has 0 atom stereocenters. The van der Waals surface area contributed by atoms with Gasteiger partial charge >= 0.3 is 5.97 Å². The second-order valence-corrected chi connectivity index (χ2v) is 7.45. The van der Waals surface area contributed by atoms with Crippen molar-refractivity contribution in [3.8, 4) is 17.1 Å². The van der Waals surface area contributed by atoms with Crippen LogP contribution in [0.25, 0.3) is 11.4 Å². The van der Waals surface area contributed by atoms with Gasteiger partial charge in [-0.25, -0.2) is 4.79 Å². The zero-order valence-electron chi connectivity index (χ0n) is 18.0. The highest BCUT2D eigenvalue weighted by Crippen LogP contribution is 2.19. The van der Waals surface area contributed by atoms with E-state index in [4.69, 9.17) is 14.0 Å². The van der Waals surface area contributed by atoms with Crippen LogP contribution < -0.4 is 4.74 Å². The van der Waals surface area contributed by atoms with Crippen molar-refractivity contribution in [3.63, 3.8) is 0 Å². The molecule has 0 saturated carbocycles. The molecule has 1 fully saturated rings. The molecule has 0 N–H and O–H groups in total. The molecule has 3 aromatic rings. The van der Waals surface area contributed by atoms with Crippen molar-refractivity contribution < 1.29 is 23.6 Å². The number of methoxy groups -OCH3 is 2. The Kier molecular flexibility index (Phi) is 6.46. The summed E-state index contributed by atoms with van der Waals surface area (Å²) in [5.74, 6) is 1.32. The smallest absolute Gasteiger partial charge is 0.337 e. The van der Waals surface area contributed by atoms with Gasteiger partial charge in [-0.05, 0) is 29.8 Å². The van der Waals surface area contributed by atoms with Gasteiger partial charge in [0.05, 0.1) is 32.9 Å². The summed E-state index contributed by atoms with van der Waals surface area (Å²) in [7, 11) is 2.97. The molecule has 32 heavy (non-hydrogen) atoms. The number of hydrogen-bond donors (Lipinski definition) is 0. The number of aromatic nitrogens is 2. The highest BCUT2D eigenvalue weighted by Gasteiger charge is 2.25. The van der Waals surface area contributed by atoms with Crippen molar-refractivity contribution in [2.24, 2.45) is 0 Å². The lowest BCUT2D eigenvalue weighted by atomic mass is 10.1. The van der Waals surface area contributed by atoms with Crippen LogP contribution in [-0.4, -0.2) is 65.7 Å². The van der Waals surface area contributed by atoms with Gasteiger partial charge in [0.25, 0.3) is 0 Å². The van der Waals surface area contributed by atoms with Gasteiger partial charge in [-0.3, -0.25) is 9.69 Å². The highest BCUT2D eigenvalue weighted by molar-refractivity contribution is 5.89. The number of rotatable bonds is 7. The van der Waals surface area contributed by atoms with Crippen molar-refractivity contribution in [1.29, 1.82) is 0 Å². The van der Waals surface area contributed by atoms with Crippen molar-refractivity contribution in [2.75, 3.05) is 33.9 Å². The Morgan fingerprint density at radius 3 is 2.44 bits per heavy atom. The van der Waals surface area contributed by atoms with E-state index in [0.717, 1.165) is 16.9 Å². The fourth-order valence-corrected chi connectivity index (χ4v) is 3.51. The zero-order chi connectivity index (χ0) is 22.5. The average Bonchev–Trinajstić information content (AvgIpc) is 3.29. The first-order valence-electron chi connectivity index (χ1n) is 10.2. The molecule has 0 aliphatic carbocycles. The van der Waals surface area contributed by atoms with Gasteiger partial charge in [-0.1, -0.05) is 29.4 Å². The standard InChI is InChI=1S/C23H24N4O5/c1-30-19-9-3-16(4-10-19)13-27-12-11-26(15-21(27)28)14-20-24-22(25-32-20)17-5-7-18(8-6-17)23(29)31-2/h3-10H,11-15H2,1-2H3. The molecule has 0 radical (unpaired) electrons. The fourth-order valence-electron chi connectivity index (χ4n) is 3.51. The molecule has 1 saturated heterocycles. The number of piperazine rings is 1. The molecule has 0 spiro atoms. The van der Waals surface area contributed by atoms with Crippen LogP contribution in [0.2, 0.25) is 0 Å². The quantitative estimate of drug-likeness (QED) is 0.521. The highest BCUT2D eigenvalue weighted by atomic mass is 16.5. The molecule has 1 aromatic heterocycles. The van der Waals surface area contributed by atoms with E-state index in [1.807, 2.05) is 34.1 Å². The Bertz CT molecular complexity index is 1080. The average molecular weight is 436 g/mol. The van der Waals surface area contributed by atoms with Gasteiger partial charge in [0.15, 0.2) is 0 Å². The van der Waals surface area contributed by atoms with Crippen LogP contribution in [-0.2, 0) is 22.6 Å². The topological polar surface area (TPSA) is 98.0 Å². The third-order valence-electron chi connectivity index (χ3n) is 5.32. The monoisotopic (exact) mass is 436 g/mol. The van der Waals surface area contributed by atoms with Crippen LogP contribution in [0.1, 0.15) is 21.8 Å². The van der Waals surface area contributed by atoms with Crippen molar-refractivity contribution >= 4 is 11.9 Å². The molecular formula is C23H24N4O5. The number of benzene rings is 2. The third-order valence-corrected chi connectivity index (χ3v) is 5.32. The summed E-state index contributed by atoms with van der Waals surface area (Å²) in [5, 5.41) is 4.02. The number of carbonyl (C=O) groups excluding carboxylic acids is 2. The molecule has 0 unspecified atom stereocenters. The largest absolute Gasteiger partial charge is 0.497 e. The second-order valence-electron chi connectivity index (χ2n) is 7.45. The maximum absolute atomic E-state index is 12.6. The van der Waals surface area contributed by atoms with Gasteiger partial charge in [0, 0.05) is 25.2 Å². The maximum Gasteiger partial charge on any atom is 0.337 e. The lowest BCUT2D eigenvalue weighted by Crippen LogP contribution is -2.49. The molecular weight excluding hydrogens is 412 g/mol. The number of amides is 1. The Hall–Kier alpha value is -3.72. The van der Waals surface area contributed by atoms with E-state index in [1.54, 1.807) is 31.4 Å². The summed E-state index contributed by atoms with van der Waals surface area (Å²) in [6.45, 7) is 2.61. The normalized spacial score (nSPS) is 14.4. The van der Waals surface area contributed by atoms with E-state index in [2.05, 4.69) is 10.1 Å². The van der Waals surface area contributed by atoms with Crippen LogP contribution in [0, 0.1) is 0 Å². The molecule has 166 valence electrons. The Morgan fingerprint density at radius 2 is 1.78 bits per heavy atom. The molecule has 9 heteroatoms. The van der Waals surface area contributed by atoms with Crippen LogP contribution in [0.15, 0.2) is 53.1 Å². The zero-order valence-corrected chi connectivity index (χ0v) is 18.0. The summed E-state index contributed by atoms with van der Waals surface area (Å²) in [5.41, 5.74) is 2.24.